The number of hydrogen-bond donors (Lipinski definition) is 0. The van der Waals surface area contributed by atoms with Crippen molar-refractivity contribution in [3.63, 3.8) is 0 Å². The van der Waals surface area contributed by atoms with Crippen LogP contribution in [0.1, 0.15) is 9.67 Å². The van der Waals surface area contributed by atoms with Crippen LogP contribution in [-0.4, -0.2) is 24.4 Å². The number of rotatable bonds is 2. The Kier molecular flexibility index (Phi) is 2.83. The van der Waals surface area contributed by atoms with Crippen LogP contribution in [0.4, 0.5) is 0 Å². The molecule has 0 saturated heterocycles. The molecule has 0 unspecified atom stereocenters. The first-order valence-corrected chi connectivity index (χ1v) is 4.29. The fourth-order valence-corrected chi connectivity index (χ4v) is 1.48. The summed E-state index contributed by atoms with van der Waals surface area (Å²) in [5.41, 5.74) is 0. The molecule has 0 saturated carbocycles. The standard InChI is InChI=1S/C8H8N2OS/c1-10(5-4-9)8(11)7-3-2-6-12-7/h2-3,6H,5H2,1H3. The number of hydrogen-bond acceptors (Lipinski definition) is 3. The molecule has 12 heavy (non-hydrogen) atoms. The van der Waals surface area contributed by atoms with E-state index in [2.05, 4.69) is 0 Å². The molecule has 0 N–H and O–H groups in total. The van der Waals surface area contributed by atoms with Crippen LogP contribution in [0.5, 0.6) is 0 Å². The number of amides is 1. The van der Waals surface area contributed by atoms with Gasteiger partial charge >= 0.3 is 0 Å². The second-order valence-electron chi connectivity index (χ2n) is 2.30. The van der Waals surface area contributed by atoms with Crippen LogP contribution in [0.2, 0.25) is 0 Å². The maximum absolute atomic E-state index is 11.4. The van der Waals surface area contributed by atoms with Crippen molar-refractivity contribution in [3.8, 4) is 6.07 Å². The number of nitrogens with zero attached hydrogens (tertiary/aromatic N) is 2. The first-order chi connectivity index (χ1) is 5.75. The third kappa shape index (κ3) is 1.83. The molecule has 0 bridgehead atoms. The Balaban J connectivity index is 2.67. The molecule has 1 heterocycles. The highest BCUT2D eigenvalue weighted by Crippen LogP contribution is 2.10. The largest absolute Gasteiger partial charge is 0.328 e. The van der Waals surface area contributed by atoms with E-state index in [4.69, 9.17) is 5.26 Å². The molecule has 0 aromatic carbocycles. The lowest BCUT2D eigenvalue weighted by Gasteiger charge is -2.10. The van der Waals surface area contributed by atoms with Gasteiger partial charge in [0.05, 0.1) is 10.9 Å². The fourth-order valence-electron chi connectivity index (χ4n) is 0.766. The van der Waals surface area contributed by atoms with E-state index >= 15 is 0 Å². The molecule has 0 radical (unpaired) electrons. The van der Waals surface area contributed by atoms with Gasteiger partial charge in [-0.2, -0.15) is 5.26 Å². The molecular formula is C8H8N2OS. The van der Waals surface area contributed by atoms with Gasteiger partial charge in [0.25, 0.3) is 5.91 Å². The molecule has 0 atom stereocenters. The van der Waals surface area contributed by atoms with Crippen LogP contribution in [-0.2, 0) is 0 Å². The van der Waals surface area contributed by atoms with E-state index in [0.29, 0.717) is 4.88 Å². The summed E-state index contributed by atoms with van der Waals surface area (Å²) in [7, 11) is 1.62. The number of nitriles is 1. The summed E-state index contributed by atoms with van der Waals surface area (Å²) in [5.74, 6) is -0.0912. The number of thiophene rings is 1. The van der Waals surface area contributed by atoms with Gasteiger partial charge in [0.1, 0.15) is 6.54 Å². The zero-order valence-electron chi connectivity index (χ0n) is 6.65. The minimum Gasteiger partial charge on any atom is -0.328 e. The van der Waals surface area contributed by atoms with E-state index in [1.165, 1.54) is 16.2 Å². The smallest absolute Gasteiger partial charge is 0.264 e. The number of carbonyl (C=O) groups excluding carboxylic acids is 1. The zero-order valence-corrected chi connectivity index (χ0v) is 7.47. The fraction of sp³-hybridized carbons (Fsp3) is 0.250. The van der Waals surface area contributed by atoms with Crippen molar-refractivity contribution >= 4 is 17.2 Å². The molecule has 4 heteroatoms. The maximum Gasteiger partial charge on any atom is 0.264 e. The predicted octanol–water partition coefficient (Wildman–Crippen LogP) is 1.34. The molecule has 3 nitrogen and oxygen atoms in total. The average Bonchev–Trinajstić information content (AvgIpc) is 2.55. The molecule has 0 fully saturated rings. The van der Waals surface area contributed by atoms with Gasteiger partial charge in [-0.1, -0.05) is 6.07 Å². The van der Waals surface area contributed by atoms with Gasteiger partial charge < -0.3 is 4.90 Å². The van der Waals surface area contributed by atoms with E-state index in [-0.39, 0.29) is 12.5 Å². The number of carbonyl (C=O) groups is 1. The Bertz CT molecular complexity index is 299. The van der Waals surface area contributed by atoms with Crippen LogP contribution in [0, 0.1) is 11.3 Å². The highest BCUT2D eigenvalue weighted by atomic mass is 32.1. The van der Waals surface area contributed by atoms with E-state index in [0.717, 1.165) is 0 Å². The molecule has 1 rings (SSSR count). The molecular weight excluding hydrogens is 172 g/mol. The Morgan fingerprint density at radius 2 is 2.58 bits per heavy atom. The highest BCUT2D eigenvalue weighted by Gasteiger charge is 2.10. The summed E-state index contributed by atoms with van der Waals surface area (Å²) in [5, 5.41) is 10.2. The third-order valence-corrected chi connectivity index (χ3v) is 2.24. The SMILES string of the molecule is CN(CC#N)C(=O)c1cccs1. The van der Waals surface area contributed by atoms with E-state index in [1.807, 2.05) is 17.5 Å². The van der Waals surface area contributed by atoms with Gasteiger partial charge in [0, 0.05) is 7.05 Å². The lowest BCUT2D eigenvalue weighted by molar-refractivity contribution is 0.0816. The Morgan fingerprint density at radius 3 is 3.08 bits per heavy atom. The lowest BCUT2D eigenvalue weighted by Crippen LogP contribution is -2.26. The van der Waals surface area contributed by atoms with E-state index < -0.39 is 0 Å². The lowest BCUT2D eigenvalue weighted by atomic mass is 10.4. The van der Waals surface area contributed by atoms with Crippen molar-refractivity contribution in [3.05, 3.63) is 22.4 Å². The minimum atomic E-state index is -0.0912. The molecule has 0 aliphatic carbocycles. The predicted molar refractivity (Wildman–Crippen MR) is 46.9 cm³/mol. The minimum absolute atomic E-state index is 0.0912. The van der Waals surface area contributed by atoms with Crippen molar-refractivity contribution in [1.82, 2.24) is 4.90 Å². The summed E-state index contributed by atoms with van der Waals surface area (Å²) in [4.78, 5) is 13.4. The summed E-state index contributed by atoms with van der Waals surface area (Å²) >= 11 is 1.38. The maximum atomic E-state index is 11.4. The second kappa shape index (κ2) is 3.88. The Labute approximate surface area is 74.8 Å². The third-order valence-electron chi connectivity index (χ3n) is 1.39. The topological polar surface area (TPSA) is 44.1 Å². The van der Waals surface area contributed by atoms with Crippen LogP contribution in [0.3, 0.4) is 0 Å². The molecule has 0 aliphatic rings. The van der Waals surface area contributed by atoms with Crippen LogP contribution in [0.25, 0.3) is 0 Å². The van der Waals surface area contributed by atoms with Crippen LogP contribution in [0.15, 0.2) is 17.5 Å². The normalized spacial score (nSPS) is 9.00. The molecule has 1 amide bonds. The summed E-state index contributed by atoms with van der Waals surface area (Å²) < 4.78 is 0. The van der Waals surface area contributed by atoms with Crippen molar-refractivity contribution < 1.29 is 4.79 Å². The van der Waals surface area contributed by atoms with Crippen LogP contribution >= 0.6 is 11.3 Å². The van der Waals surface area contributed by atoms with Gasteiger partial charge in [-0.25, -0.2) is 0 Å². The molecule has 62 valence electrons. The first kappa shape index (κ1) is 8.75. The van der Waals surface area contributed by atoms with Crippen molar-refractivity contribution in [2.45, 2.75) is 0 Å². The van der Waals surface area contributed by atoms with E-state index in [1.54, 1.807) is 13.1 Å². The van der Waals surface area contributed by atoms with Gasteiger partial charge in [0.15, 0.2) is 0 Å². The van der Waals surface area contributed by atoms with Crippen molar-refractivity contribution in [2.75, 3.05) is 13.6 Å². The van der Waals surface area contributed by atoms with Gasteiger partial charge in [-0.3, -0.25) is 4.79 Å². The monoisotopic (exact) mass is 180 g/mol. The first-order valence-electron chi connectivity index (χ1n) is 3.41. The quantitative estimate of drug-likeness (QED) is 0.645. The summed E-state index contributed by atoms with van der Waals surface area (Å²) in [6, 6.07) is 5.49. The van der Waals surface area contributed by atoms with Gasteiger partial charge in [-0.15, -0.1) is 11.3 Å². The molecule has 1 aromatic rings. The Morgan fingerprint density at radius 1 is 1.83 bits per heavy atom. The summed E-state index contributed by atoms with van der Waals surface area (Å²) in [6.07, 6.45) is 0. The van der Waals surface area contributed by atoms with Crippen LogP contribution < -0.4 is 0 Å². The second-order valence-corrected chi connectivity index (χ2v) is 3.24. The summed E-state index contributed by atoms with van der Waals surface area (Å²) in [6.45, 7) is 0.136. The van der Waals surface area contributed by atoms with Crippen molar-refractivity contribution in [1.29, 1.82) is 5.26 Å². The van der Waals surface area contributed by atoms with Crippen molar-refractivity contribution in [2.24, 2.45) is 0 Å². The molecule has 0 aliphatic heterocycles. The van der Waals surface area contributed by atoms with Gasteiger partial charge in [-0.05, 0) is 11.4 Å². The average molecular weight is 180 g/mol. The Hall–Kier alpha value is -1.34. The van der Waals surface area contributed by atoms with Gasteiger partial charge in [0.2, 0.25) is 0 Å². The molecule has 1 aromatic heterocycles. The highest BCUT2D eigenvalue weighted by molar-refractivity contribution is 7.12. The zero-order chi connectivity index (χ0) is 8.97. The van der Waals surface area contributed by atoms with E-state index in [9.17, 15) is 4.79 Å². The molecule has 0 spiro atoms.